The Morgan fingerprint density at radius 3 is 2.71 bits per heavy atom. The van der Waals surface area contributed by atoms with Crippen LogP contribution in [0.5, 0.6) is 0 Å². The highest BCUT2D eigenvalue weighted by molar-refractivity contribution is 7.19. The number of hydrogen-bond acceptors (Lipinski definition) is 9. The van der Waals surface area contributed by atoms with Crippen molar-refractivity contribution in [3.63, 3.8) is 0 Å². The number of benzene rings is 1. The fourth-order valence-corrected chi connectivity index (χ4v) is 4.83. The maximum atomic E-state index is 13.1. The van der Waals surface area contributed by atoms with Crippen LogP contribution in [0, 0.1) is 10.1 Å². The number of aromatic nitrogens is 1. The predicted molar refractivity (Wildman–Crippen MR) is 120 cm³/mol. The molecule has 31 heavy (non-hydrogen) atoms. The maximum Gasteiger partial charge on any atom is 0.269 e. The molecule has 0 bridgehead atoms. The van der Waals surface area contributed by atoms with Gasteiger partial charge < -0.3 is 15.6 Å². The first kappa shape index (κ1) is 20.7. The smallest absolute Gasteiger partial charge is 0.269 e. The summed E-state index contributed by atoms with van der Waals surface area (Å²) in [6.07, 6.45) is 4.54. The molecule has 0 amide bonds. The van der Waals surface area contributed by atoms with Crippen molar-refractivity contribution in [3.8, 4) is 11.3 Å². The van der Waals surface area contributed by atoms with Crippen LogP contribution in [0.15, 0.2) is 39.8 Å². The number of anilines is 2. The average Bonchev–Trinajstić information content (AvgIpc) is 3.51. The predicted octanol–water partition coefficient (Wildman–Crippen LogP) is 4.68. The van der Waals surface area contributed by atoms with Gasteiger partial charge in [-0.25, -0.2) is 0 Å². The maximum absolute atomic E-state index is 13.1. The number of thiophene rings is 1. The Balaban J connectivity index is 1.60. The fraction of sp³-hybridized carbons (Fsp3) is 0.286. The van der Waals surface area contributed by atoms with E-state index < -0.39 is 4.92 Å². The number of nitrogen functional groups attached to an aromatic ring is 1. The number of nitrogens with zero attached hydrogens (tertiary/aromatic N) is 3. The van der Waals surface area contributed by atoms with Crippen molar-refractivity contribution < 1.29 is 14.2 Å². The minimum atomic E-state index is -0.478. The number of nitrogens with two attached hydrogens (primary N) is 1. The summed E-state index contributed by atoms with van der Waals surface area (Å²) >= 11 is 1.29. The number of nitro benzene ring substituents is 1. The fourth-order valence-electron chi connectivity index (χ4n) is 3.67. The molecule has 0 unspecified atom stereocenters. The molecule has 160 valence electrons. The van der Waals surface area contributed by atoms with E-state index in [0.29, 0.717) is 34.4 Å². The van der Waals surface area contributed by atoms with E-state index in [2.05, 4.69) is 22.2 Å². The molecule has 0 saturated heterocycles. The number of hydrogen-bond donors (Lipinski definition) is 2. The quantitative estimate of drug-likeness (QED) is 0.225. The summed E-state index contributed by atoms with van der Waals surface area (Å²) in [6.45, 7) is 3.87. The van der Waals surface area contributed by atoms with E-state index in [1.54, 1.807) is 12.1 Å². The second kappa shape index (κ2) is 8.68. The van der Waals surface area contributed by atoms with E-state index in [1.807, 2.05) is 0 Å². The lowest BCUT2D eigenvalue weighted by atomic mass is 10.1. The van der Waals surface area contributed by atoms with Gasteiger partial charge in [-0.3, -0.25) is 19.9 Å². The lowest BCUT2D eigenvalue weighted by Crippen LogP contribution is -2.14. The van der Waals surface area contributed by atoms with Gasteiger partial charge in [0.05, 0.1) is 22.2 Å². The Labute approximate surface area is 182 Å². The molecule has 1 saturated carbocycles. The van der Waals surface area contributed by atoms with Crippen LogP contribution in [-0.2, 0) is 6.54 Å². The normalized spacial score (nSPS) is 13.9. The van der Waals surface area contributed by atoms with Crippen LogP contribution < -0.4 is 11.1 Å². The Kier molecular flexibility index (Phi) is 5.81. The Hall–Kier alpha value is -3.53. The third kappa shape index (κ3) is 4.19. The van der Waals surface area contributed by atoms with Crippen molar-refractivity contribution in [2.45, 2.75) is 38.3 Å². The topological polar surface area (TPSA) is 137 Å². The van der Waals surface area contributed by atoms with Crippen LogP contribution in [0.2, 0.25) is 0 Å². The number of nitro groups is 1. The zero-order chi connectivity index (χ0) is 22.0. The summed E-state index contributed by atoms with van der Waals surface area (Å²) in [5, 5.41) is 19.1. The number of non-ortho nitro benzene ring substituents is 1. The average molecular weight is 439 g/mol. The molecule has 2 aromatic heterocycles. The SMILES string of the molecule is C=NCc1c(NC2CCCC2)sc(C(=O)c2cc(-c3ccc([N+](=O)[O-])cc3)no2)c1N. The molecule has 3 N–H and O–H groups in total. The van der Waals surface area contributed by atoms with E-state index in [0.717, 1.165) is 23.4 Å². The molecular weight excluding hydrogens is 418 g/mol. The van der Waals surface area contributed by atoms with Gasteiger partial charge in [-0.1, -0.05) is 18.0 Å². The number of nitrogens with one attached hydrogen (secondary N) is 1. The highest BCUT2D eigenvalue weighted by Crippen LogP contribution is 2.39. The van der Waals surface area contributed by atoms with Crippen molar-refractivity contribution in [2.24, 2.45) is 4.99 Å². The molecule has 0 radical (unpaired) electrons. The zero-order valence-corrected chi connectivity index (χ0v) is 17.5. The number of aliphatic imine (C=N–C) groups is 1. The summed E-state index contributed by atoms with van der Waals surface area (Å²) in [7, 11) is 0. The monoisotopic (exact) mass is 439 g/mol. The summed E-state index contributed by atoms with van der Waals surface area (Å²) in [5.74, 6) is -0.320. The molecule has 9 nitrogen and oxygen atoms in total. The highest BCUT2D eigenvalue weighted by Gasteiger charge is 2.26. The first-order chi connectivity index (χ1) is 15.0. The lowest BCUT2D eigenvalue weighted by Gasteiger charge is -2.13. The number of ketones is 1. The van der Waals surface area contributed by atoms with Gasteiger partial charge in [0.15, 0.2) is 0 Å². The summed E-state index contributed by atoms with van der Waals surface area (Å²) < 4.78 is 5.27. The van der Waals surface area contributed by atoms with Crippen molar-refractivity contribution >= 4 is 40.2 Å². The minimum Gasteiger partial charge on any atom is -0.397 e. The van der Waals surface area contributed by atoms with E-state index in [4.69, 9.17) is 10.3 Å². The van der Waals surface area contributed by atoms with Gasteiger partial charge in [0, 0.05) is 35.4 Å². The molecule has 4 rings (SSSR count). The molecule has 3 aromatic rings. The number of carbonyl (C=O) groups excluding carboxylic acids is 1. The summed E-state index contributed by atoms with van der Waals surface area (Å²) in [4.78, 5) is 27.8. The minimum absolute atomic E-state index is 0.0273. The highest BCUT2D eigenvalue weighted by atomic mass is 32.1. The van der Waals surface area contributed by atoms with Gasteiger partial charge >= 0.3 is 0 Å². The van der Waals surface area contributed by atoms with Crippen molar-refractivity contribution in [1.82, 2.24) is 5.16 Å². The van der Waals surface area contributed by atoms with E-state index in [9.17, 15) is 14.9 Å². The zero-order valence-electron chi connectivity index (χ0n) is 16.7. The van der Waals surface area contributed by atoms with Crippen LogP contribution in [0.1, 0.15) is 46.7 Å². The van der Waals surface area contributed by atoms with Crippen molar-refractivity contribution in [3.05, 3.63) is 56.6 Å². The third-order valence-electron chi connectivity index (χ3n) is 5.32. The molecule has 1 aromatic carbocycles. The molecule has 10 heteroatoms. The van der Waals surface area contributed by atoms with Gasteiger partial charge in [0.25, 0.3) is 5.69 Å². The lowest BCUT2D eigenvalue weighted by molar-refractivity contribution is -0.384. The van der Waals surface area contributed by atoms with Crippen molar-refractivity contribution in [1.29, 1.82) is 0 Å². The largest absolute Gasteiger partial charge is 0.397 e. The molecular formula is C21H21N5O4S. The molecule has 2 heterocycles. The number of carbonyl (C=O) groups is 1. The summed E-state index contributed by atoms with van der Waals surface area (Å²) in [5.41, 5.74) is 8.43. The van der Waals surface area contributed by atoms with Crippen LogP contribution >= 0.6 is 11.3 Å². The molecule has 1 aliphatic rings. The van der Waals surface area contributed by atoms with Crippen LogP contribution in [0.4, 0.5) is 16.4 Å². The van der Waals surface area contributed by atoms with Crippen LogP contribution in [-0.4, -0.2) is 28.6 Å². The third-order valence-corrected chi connectivity index (χ3v) is 6.50. The first-order valence-corrected chi connectivity index (χ1v) is 10.7. The molecule has 1 fully saturated rings. The second-order valence-electron chi connectivity index (χ2n) is 7.37. The van der Waals surface area contributed by atoms with E-state index in [1.165, 1.54) is 42.4 Å². The summed E-state index contributed by atoms with van der Waals surface area (Å²) in [6, 6.07) is 7.74. The molecule has 0 aliphatic heterocycles. The Morgan fingerprint density at radius 1 is 1.35 bits per heavy atom. The van der Waals surface area contributed by atoms with Crippen LogP contribution in [0.3, 0.4) is 0 Å². The van der Waals surface area contributed by atoms with Gasteiger partial charge in [-0.15, -0.1) is 11.3 Å². The van der Waals surface area contributed by atoms with E-state index in [-0.39, 0.29) is 17.2 Å². The van der Waals surface area contributed by atoms with Gasteiger partial charge in [0.1, 0.15) is 10.6 Å². The van der Waals surface area contributed by atoms with Gasteiger partial charge in [-0.05, 0) is 31.7 Å². The standard InChI is InChI=1S/C21H21N5O4S/c1-23-11-15-18(22)20(31-21(15)24-13-4-2-3-5-13)19(27)17-10-16(25-30-17)12-6-8-14(9-7-12)26(28)29/h6-10,13,24H,1-5,11,22H2. The van der Waals surface area contributed by atoms with Crippen molar-refractivity contribution in [2.75, 3.05) is 11.1 Å². The Morgan fingerprint density at radius 2 is 2.06 bits per heavy atom. The first-order valence-electron chi connectivity index (χ1n) is 9.84. The molecule has 0 atom stereocenters. The number of rotatable bonds is 8. The van der Waals surface area contributed by atoms with Gasteiger partial charge in [-0.2, -0.15) is 0 Å². The van der Waals surface area contributed by atoms with Gasteiger partial charge in [0.2, 0.25) is 11.5 Å². The Bertz CT molecular complexity index is 1130. The second-order valence-corrected chi connectivity index (χ2v) is 8.39. The molecule has 1 aliphatic carbocycles. The molecule has 0 spiro atoms. The van der Waals surface area contributed by atoms with Crippen LogP contribution in [0.25, 0.3) is 11.3 Å². The van der Waals surface area contributed by atoms with E-state index >= 15 is 0 Å².